The van der Waals surface area contributed by atoms with Crippen LogP contribution in [0.4, 0.5) is 5.82 Å². The number of nitrogens with zero attached hydrogens (tertiary/aromatic N) is 5. The fourth-order valence-corrected chi connectivity index (χ4v) is 3.82. The van der Waals surface area contributed by atoms with Crippen LogP contribution in [-0.2, 0) is 11.3 Å². The second kappa shape index (κ2) is 8.34. The third-order valence-electron chi connectivity index (χ3n) is 4.98. The zero-order valence-electron chi connectivity index (χ0n) is 16.0. The minimum absolute atomic E-state index is 0.0232. The Morgan fingerprint density at radius 3 is 2.66 bits per heavy atom. The number of aromatic nitrogens is 4. The standard InChI is InChI=1S/C20H21ClN6OS/c1-14-4-2-5-15(12-14)19-23-24-20(29)27(19)13-18(28)26-10-8-25(9-11-26)17-7-3-6-16(21)22-17/h2-7,12H,8-11,13H2,1H3,(H,24,29). The largest absolute Gasteiger partial charge is 0.353 e. The zero-order valence-corrected chi connectivity index (χ0v) is 17.6. The van der Waals surface area contributed by atoms with Crippen LogP contribution in [0.15, 0.2) is 42.5 Å². The molecule has 0 radical (unpaired) electrons. The van der Waals surface area contributed by atoms with Gasteiger partial charge in [0.25, 0.3) is 0 Å². The predicted molar refractivity (Wildman–Crippen MR) is 116 cm³/mol. The van der Waals surface area contributed by atoms with Gasteiger partial charge in [-0.1, -0.05) is 41.4 Å². The molecule has 1 N–H and O–H groups in total. The van der Waals surface area contributed by atoms with Crippen molar-refractivity contribution < 1.29 is 4.79 Å². The number of carbonyl (C=O) groups is 1. The van der Waals surface area contributed by atoms with E-state index in [0.29, 0.717) is 41.9 Å². The molecule has 29 heavy (non-hydrogen) atoms. The van der Waals surface area contributed by atoms with Crippen LogP contribution in [0.5, 0.6) is 0 Å². The summed E-state index contributed by atoms with van der Waals surface area (Å²) in [7, 11) is 0. The van der Waals surface area contributed by atoms with Crippen molar-refractivity contribution in [1.29, 1.82) is 0 Å². The van der Waals surface area contributed by atoms with Crippen molar-refractivity contribution in [1.82, 2.24) is 24.6 Å². The molecule has 150 valence electrons. The van der Waals surface area contributed by atoms with E-state index in [4.69, 9.17) is 23.8 Å². The second-order valence-corrected chi connectivity index (χ2v) is 7.77. The molecule has 1 fully saturated rings. The summed E-state index contributed by atoms with van der Waals surface area (Å²) in [6, 6.07) is 13.6. The van der Waals surface area contributed by atoms with Crippen LogP contribution in [0.3, 0.4) is 0 Å². The highest BCUT2D eigenvalue weighted by molar-refractivity contribution is 7.71. The van der Waals surface area contributed by atoms with Crippen molar-refractivity contribution in [2.24, 2.45) is 0 Å². The average Bonchev–Trinajstić information content (AvgIpc) is 3.08. The van der Waals surface area contributed by atoms with Crippen LogP contribution in [-0.4, -0.2) is 56.7 Å². The van der Waals surface area contributed by atoms with E-state index in [0.717, 1.165) is 16.9 Å². The molecule has 3 heterocycles. The number of pyridine rings is 1. The number of anilines is 1. The third kappa shape index (κ3) is 4.33. The molecular formula is C20H21ClN6OS. The molecule has 4 rings (SSSR count). The van der Waals surface area contributed by atoms with Crippen LogP contribution in [0, 0.1) is 11.7 Å². The summed E-state index contributed by atoms with van der Waals surface area (Å²) in [5.74, 6) is 1.53. The Morgan fingerprint density at radius 2 is 1.93 bits per heavy atom. The fourth-order valence-electron chi connectivity index (χ4n) is 3.46. The summed E-state index contributed by atoms with van der Waals surface area (Å²) in [5, 5.41) is 7.62. The van der Waals surface area contributed by atoms with Crippen LogP contribution in [0.2, 0.25) is 5.15 Å². The number of hydrogen-bond acceptors (Lipinski definition) is 5. The lowest BCUT2D eigenvalue weighted by Crippen LogP contribution is -2.49. The van der Waals surface area contributed by atoms with Gasteiger partial charge in [-0.3, -0.25) is 14.5 Å². The van der Waals surface area contributed by atoms with E-state index in [2.05, 4.69) is 20.1 Å². The van der Waals surface area contributed by atoms with Crippen LogP contribution in [0.25, 0.3) is 11.4 Å². The van der Waals surface area contributed by atoms with Crippen LogP contribution >= 0.6 is 23.8 Å². The molecule has 1 amide bonds. The highest BCUT2D eigenvalue weighted by Crippen LogP contribution is 2.20. The Balaban J connectivity index is 1.45. The first kappa shape index (κ1) is 19.6. The quantitative estimate of drug-likeness (QED) is 0.510. The first-order valence-corrected chi connectivity index (χ1v) is 10.2. The van der Waals surface area contributed by atoms with Gasteiger partial charge in [-0.15, -0.1) is 0 Å². The van der Waals surface area contributed by atoms with Gasteiger partial charge < -0.3 is 9.80 Å². The number of piperazine rings is 1. The lowest BCUT2D eigenvalue weighted by atomic mass is 10.1. The maximum atomic E-state index is 12.9. The van der Waals surface area contributed by atoms with Gasteiger partial charge in [0, 0.05) is 31.7 Å². The average molecular weight is 429 g/mol. The first-order chi connectivity index (χ1) is 14.0. The maximum absolute atomic E-state index is 12.9. The topological polar surface area (TPSA) is 70.1 Å². The minimum Gasteiger partial charge on any atom is -0.353 e. The van der Waals surface area contributed by atoms with Gasteiger partial charge in [0.1, 0.15) is 17.5 Å². The number of carbonyl (C=O) groups excluding carboxylic acids is 1. The minimum atomic E-state index is 0.0232. The third-order valence-corrected chi connectivity index (χ3v) is 5.51. The molecular weight excluding hydrogens is 408 g/mol. The predicted octanol–water partition coefficient (Wildman–Crippen LogP) is 3.31. The molecule has 9 heteroatoms. The van der Waals surface area contributed by atoms with E-state index in [-0.39, 0.29) is 12.5 Å². The summed E-state index contributed by atoms with van der Waals surface area (Å²) in [4.78, 5) is 21.3. The summed E-state index contributed by atoms with van der Waals surface area (Å²) < 4.78 is 2.20. The molecule has 1 aromatic carbocycles. The lowest BCUT2D eigenvalue weighted by molar-refractivity contribution is -0.132. The van der Waals surface area contributed by atoms with Gasteiger partial charge in [0.15, 0.2) is 10.6 Å². The number of aryl methyl sites for hydroxylation is 1. The molecule has 0 aliphatic carbocycles. The molecule has 0 atom stereocenters. The first-order valence-electron chi connectivity index (χ1n) is 9.39. The highest BCUT2D eigenvalue weighted by Gasteiger charge is 2.23. The van der Waals surface area contributed by atoms with Gasteiger partial charge in [-0.2, -0.15) is 5.10 Å². The molecule has 1 aliphatic heterocycles. The lowest BCUT2D eigenvalue weighted by Gasteiger charge is -2.35. The molecule has 1 saturated heterocycles. The van der Waals surface area contributed by atoms with Crippen molar-refractivity contribution in [3.63, 3.8) is 0 Å². The van der Waals surface area contributed by atoms with Crippen molar-refractivity contribution in [3.05, 3.63) is 58.0 Å². The van der Waals surface area contributed by atoms with Gasteiger partial charge in [0.2, 0.25) is 5.91 Å². The van der Waals surface area contributed by atoms with Crippen molar-refractivity contribution in [2.45, 2.75) is 13.5 Å². The highest BCUT2D eigenvalue weighted by atomic mass is 35.5. The molecule has 2 aromatic heterocycles. The van der Waals surface area contributed by atoms with E-state index in [1.807, 2.05) is 48.2 Å². The Morgan fingerprint density at radius 1 is 1.17 bits per heavy atom. The summed E-state index contributed by atoms with van der Waals surface area (Å²) in [6.07, 6.45) is 0. The summed E-state index contributed by atoms with van der Waals surface area (Å²) in [5.41, 5.74) is 2.06. The van der Waals surface area contributed by atoms with Crippen LogP contribution < -0.4 is 4.90 Å². The van der Waals surface area contributed by atoms with Gasteiger partial charge >= 0.3 is 0 Å². The van der Waals surface area contributed by atoms with Gasteiger partial charge in [-0.25, -0.2) is 4.98 Å². The molecule has 3 aromatic rings. The molecule has 0 bridgehead atoms. The summed E-state index contributed by atoms with van der Waals surface area (Å²) >= 11 is 11.4. The summed E-state index contributed by atoms with van der Waals surface area (Å²) in [6.45, 7) is 4.85. The fraction of sp³-hybridized carbons (Fsp3) is 0.300. The number of H-pyrrole nitrogens is 1. The molecule has 0 saturated carbocycles. The Kier molecular flexibility index (Phi) is 5.64. The van der Waals surface area contributed by atoms with Gasteiger partial charge in [0.05, 0.1) is 0 Å². The number of hydrogen-bond donors (Lipinski definition) is 1. The van der Waals surface area contributed by atoms with Crippen molar-refractivity contribution in [2.75, 3.05) is 31.1 Å². The van der Waals surface area contributed by atoms with E-state index < -0.39 is 0 Å². The normalized spacial score (nSPS) is 14.3. The monoisotopic (exact) mass is 428 g/mol. The van der Waals surface area contributed by atoms with Crippen LogP contribution in [0.1, 0.15) is 5.56 Å². The van der Waals surface area contributed by atoms with Crippen molar-refractivity contribution >= 4 is 35.5 Å². The number of aromatic amines is 1. The number of benzene rings is 1. The smallest absolute Gasteiger partial charge is 0.242 e. The number of amides is 1. The molecule has 7 nitrogen and oxygen atoms in total. The second-order valence-electron chi connectivity index (χ2n) is 6.99. The zero-order chi connectivity index (χ0) is 20.4. The molecule has 0 spiro atoms. The van der Waals surface area contributed by atoms with E-state index >= 15 is 0 Å². The Labute approximate surface area is 178 Å². The Bertz CT molecular complexity index is 1090. The van der Waals surface area contributed by atoms with E-state index in [9.17, 15) is 4.79 Å². The number of nitrogens with one attached hydrogen (secondary N) is 1. The molecule has 0 unspecified atom stereocenters. The van der Waals surface area contributed by atoms with E-state index in [1.165, 1.54) is 0 Å². The number of halogens is 1. The number of rotatable bonds is 4. The van der Waals surface area contributed by atoms with Gasteiger partial charge in [-0.05, 0) is 37.3 Å². The van der Waals surface area contributed by atoms with E-state index in [1.54, 1.807) is 10.6 Å². The maximum Gasteiger partial charge on any atom is 0.242 e. The van der Waals surface area contributed by atoms with Crippen molar-refractivity contribution in [3.8, 4) is 11.4 Å². The molecule has 1 aliphatic rings. The Hall–Kier alpha value is -2.71. The SMILES string of the molecule is Cc1cccc(-c2n[nH]c(=S)n2CC(=O)N2CCN(c3cccc(Cl)n3)CC2)c1.